The third-order valence-electron chi connectivity index (χ3n) is 4.69. The van der Waals surface area contributed by atoms with Crippen molar-refractivity contribution in [3.05, 3.63) is 41.9 Å². The number of fused-ring (bicyclic) bond motifs is 1. The molecule has 3 aromatic heterocycles. The van der Waals surface area contributed by atoms with Crippen molar-refractivity contribution in [2.45, 2.75) is 26.2 Å². The maximum Gasteiger partial charge on any atom is 0.178 e. The SMILES string of the molecule is CC(C)(C)c1nnc2ccc(N3CC(CNc4ncccc4C#N)C3)nn12. The molecule has 1 saturated heterocycles. The van der Waals surface area contributed by atoms with Crippen LogP contribution in [0.4, 0.5) is 11.6 Å². The first-order chi connectivity index (χ1) is 13.0. The Labute approximate surface area is 157 Å². The minimum atomic E-state index is -0.117. The van der Waals surface area contributed by atoms with Crippen LogP contribution in [-0.4, -0.2) is 44.4 Å². The number of hydrogen-bond acceptors (Lipinski definition) is 7. The number of aromatic nitrogens is 5. The molecule has 8 heteroatoms. The van der Waals surface area contributed by atoms with Crippen LogP contribution in [0, 0.1) is 17.2 Å². The number of rotatable bonds is 4. The van der Waals surface area contributed by atoms with Crippen molar-refractivity contribution in [2.24, 2.45) is 5.92 Å². The van der Waals surface area contributed by atoms with Crippen LogP contribution in [0.25, 0.3) is 5.65 Å². The number of nitrogens with one attached hydrogen (secondary N) is 1. The molecule has 1 fully saturated rings. The van der Waals surface area contributed by atoms with E-state index in [0.29, 0.717) is 17.3 Å². The van der Waals surface area contributed by atoms with E-state index >= 15 is 0 Å². The molecule has 0 aliphatic carbocycles. The van der Waals surface area contributed by atoms with Gasteiger partial charge in [-0.3, -0.25) is 0 Å². The van der Waals surface area contributed by atoms with Gasteiger partial charge in [-0.25, -0.2) is 4.98 Å². The molecule has 0 amide bonds. The lowest BCUT2D eigenvalue weighted by Gasteiger charge is -2.40. The Morgan fingerprint density at radius 2 is 2.04 bits per heavy atom. The lowest BCUT2D eigenvalue weighted by molar-refractivity contribution is 0.423. The molecule has 4 rings (SSSR count). The first-order valence-electron chi connectivity index (χ1n) is 9.02. The van der Waals surface area contributed by atoms with Gasteiger partial charge in [-0.15, -0.1) is 15.3 Å². The van der Waals surface area contributed by atoms with Crippen LogP contribution < -0.4 is 10.2 Å². The van der Waals surface area contributed by atoms with Crippen LogP contribution >= 0.6 is 0 Å². The van der Waals surface area contributed by atoms with Gasteiger partial charge < -0.3 is 10.2 Å². The third kappa shape index (κ3) is 3.28. The summed E-state index contributed by atoms with van der Waals surface area (Å²) in [5.74, 6) is 2.92. The second-order valence-corrected chi connectivity index (χ2v) is 7.90. The monoisotopic (exact) mass is 362 g/mol. The fourth-order valence-corrected chi connectivity index (χ4v) is 3.18. The molecule has 0 unspecified atom stereocenters. The van der Waals surface area contributed by atoms with E-state index in [1.807, 2.05) is 16.6 Å². The van der Waals surface area contributed by atoms with Crippen molar-refractivity contribution in [1.82, 2.24) is 24.8 Å². The predicted octanol–water partition coefficient (Wildman–Crippen LogP) is 2.24. The Hall–Kier alpha value is -3.21. The topological polar surface area (TPSA) is 95.0 Å². The molecule has 1 aliphatic heterocycles. The fourth-order valence-electron chi connectivity index (χ4n) is 3.18. The van der Waals surface area contributed by atoms with Gasteiger partial charge in [0.15, 0.2) is 11.5 Å². The van der Waals surface area contributed by atoms with Gasteiger partial charge in [0.2, 0.25) is 0 Å². The minimum absolute atomic E-state index is 0.117. The summed E-state index contributed by atoms with van der Waals surface area (Å²) in [5, 5.41) is 25.7. The lowest BCUT2D eigenvalue weighted by atomic mass is 9.96. The van der Waals surface area contributed by atoms with E-state index < -0.39 is 0 Å². The standard InChI is InChI=1S/C19H22N8/c1-19(2,3)18-24-23-15-6-7-16(25-27(15)18)26-11-13(12-26)10-22-17-14(9-20)5-4-8-21-17/h4-8,13H,10-12H2,1-3H3,(H,21,22). The second kappa shape index (κ2) is 6.50. The van der Waals surface area contributed by atoms with E-state index in [0.717, 1.165) is 36.9 Å². The van der Waals surface area contributed by atoms with Gasteiger partial charge in [-0.05, 0) is 24.3 Å². The molecule has 0 saturated carbocycles. The van der Waals surface area contributed by atoms with Crippen molar-refractivity contribution in [2.75, 3.05) is 29.9 Å². The molecule has 0 bridgehead atoms. The maximum absolute atomic E-state index is 9.13. The van der Waals surface area contributed by atoms with Crippen molar-refractivity contribution in [3.8, 4) is 6.07 Å². The first-order valence-corrected chi connectivity index (χ1v) is 9.02. The van der Waals surface area contributed by atoms with Crippen LogP contribution in [0.3, 0.4) is 0 Å². The van der Waals surface area contributed by atoms with Gasteiger partial charge in [0.25, 0.3) is 0 Å². The predicted molar refractivity (Wildman–Crippen MR) is 103 cm³/mol. The summed E-state index contributed by atoms with van der Waals surface area (Å²) in [5.41, 5.74) is 1.22. The summed E-state index contributed by atoms with van der Waals surface area (Å²) < 4.78 is 1.84. The average Bonchev–Trinajstić information content (AvgIpc) is 3.04. The molecular formula is C19H22N8. The molecule has 138 valence electrons. The molecule has 8 nitrogen and oxygen atoms in total. The summed E-state index contributed by atoms with van der Waals surface area (Å²) in [6.45, 7) is 8.92. The molecule has 0 spiro atoms. The molecule has 1 N–H and O–H groups in total. The van der Waals surface area contributed by atoms with E-state index in [9.17, 15) is 0 Å². The van der Waals surface area contributed by atoms with Gasteiger partial charge in [0.1, 0.15) is 17.7 Å². The second-order valence-electron chi connectivity index (χ2n) is 7.90. The van der Waals surface area contributed by atoms with Crippen molar-refractivity contribution in [1.29, 1.82) is 5.26 Å². The zero-order chi connectivity index (χ0) is 19.0. The quantitative estimate of drug-likeness (QED) is 0.760. The van der Waals surface area contributed by atoms with Gasteiger partial charge >= 0.3 is 0 Å². The van der Waals surface area contributed by atoms with Crippen molar-refractivity contribution >= 4 is 17.3 Å². The molecule has 3 aromatic rings. The molecular weight excluding hydrogens is 340 g/mol. The molecule has 1 aliphatic rings. The van der Waals surface area contributed by atoms with Crippen LogP contribution in [0.15, 0.2) is 30.5 Å². The maximum atomic E-state index is 9.13. The number of pyridine rings is 1. The average molecular weight is 362 g/mol. The highest BCUT2D eigenvalue weighted by atomic mass is 15.4. The van der Waals surface area contributed by atoms with Gasteiger partial charge in [-0.1, -0.05) is 20.8 Å². The summed E-state index contributed by atoms with van der Waals surface area (Å²) in [7, 11) is 0. The summed E-state index contributed by atoms with van der Waals surface area (Å²) in [4.78, 5) is 6.48. The highest BCUT2D eigenvalue weighted by Crippen LogP contribution is 2.25. The van der Waals surface area contributed by atoms with Gasteiger partial charge in [0, 0.05) is 37.2 Å². The van der Waals surface area contributed by atoms with Crippen LogP contribution in [0.2, 0.25) is 0 Å². The first kappa shape index (κ1) is 17.2. The minimum Gasteiger partial charge on any atom is -0.369 e. The molecule has 0 aromatic carbocycles. The zero-order valence-electron chi connectivity index (χ0n) is 15.7. The molecule has 4 heterocycles. The van der Waals surface area contributed by atoms with E-state index in [1.54, 1.807) is 18.3 Å². The van der Waals surface area contributed by atoms with E-state index in [2.05, 4.69) is 52.2 Å². The number of nitriles is 1. The Morgan fingerprint density at radius 3 is 2.78 bits per heavy atom. The highest BCUT2D eigenvalue weighted by Gasteiger charge is 2.29. The Balaban J connectivity index is 1.41. The van der Waals surface area contributed by atoms with Gasteiger partial charge in [-0.2, -0.15) is 9.78 Å². The Morgan fingerprint density at radius 1 is 1.22 bits per heavy atom. The molecule has 0 radical (unpaired) electrons. The van der Waals surface area contributed by atoms with E-state index in [-0.39, 0.29) is 5.41 Å². The molecule has 0 atom stereocenters. The summed E-state index contributed by atoms with van der Waals surface area (Å²) >= 11 is 0. The van der Waals surface area contributed by atoms with E-state index in [1.165, 1.54) is 0 Å². The van der Waals surface area contributed by atoms with Crippen molar-refractivity contribution < 1.29 is 0 Å². The summed E-state index contributed by atoms with van der Waals surface area (Å²) in [6, 6.07) is 9.66. The fraction of sp³-hybridized carbons (Fsp3) is 0.421. The summed E-state index contributed by atoms with van der Waals surface area (Å²) in [6.07, 6.45) is 1.70. The Kier molecular flexibility index (Phi) is 4.15. The Bertz CT molecular complexity index is 1000. The van der Waals surface area contributed by atoms with Crippen molar-refractivity contribution in [3.63, 3.8) is 0 Å². The third-order valence-corrected chi connectivity index (χ3v) is 4.69. The smallest absolute Gasteiger partial charge is 0.178 e. The highest BCUT2D eigenvalue weighted by molar-refractivity contribution is 5.52. The van der Waals surface area contributed by atoms with Crippen LogP contribution in [0.5, 0.6) is 0 Å². The largest absolute Gasteiger partial charge is 0.369 e. The lowest BCUT2D eigenvalue weighted by Crippen LogP contribution is -2.50. The van der Waals surface area contributed by atoms with Crippen LogP contribution in [-0.2, 0) is 5.41 Å². The number of nitrogens with zero attached hydrogens (tertiary/aromatic N) is 7. The van der Waals surface area contributed by atoms with Crippen LogP contribution in [0.1, 0.15) is 32.2 Å². The zero-order valence-corrected chi connectivity index (χ0v) is 15.7. The van der Waals surface area contributed by atoms with Gasteiger partial charge in [0.05, 0.1) is 5.56 Å². The molecule has 27 heavy (non-hydrogen) atoms. The number of hydrogen-bond donors (Lipinski definition) is 1. The normalized spacial score (nSPS) is 14.8. The van der Waals surface area contributed by atoms with E-state index in [4.69, 9.17) is 10.4 Å². The number of anilines is 2.